The number of hydrogen-bond acceptors (Lipinski definition) is 3. The minimum Gasteiger partial charge on any atom is -0.376 e. The standard InChI is InChI=1S/C17H27N3O2/c1-13-6-3-4-8-16(13)22-11-10-19-17(21)20-14(2)15-7-5-9-18-12-15/h5,7,9,12-14,16H,3-4,6,8,10-11H2,1-2H3,(H2,19,20,21)/t13-,14+,16-/m1/s1. The molecule has 1 saturated carbocycles. The molecule has 2 amide bonds. The maximum absolute atomic E-state index is 11.8. The van der Waals surface area contributed by atoms with Gasteiger partial charge in [0.05, 0.1) is 18.8 Å². The molecular weight excluding hydrogens is 278 g/mol. The molecule has 2 rings (SSSR count). The molecule has 2 N–H and O–H groups in total. The highest BCUT2D eigenvalue weighted by molar-refractivity contribution is 5.74. The van der Waals surface area contributed by atoms with Crippen LogP contribution in [0.3, 0.4) is 0 Å². The smallest absolute Gasteiger partial charge is 0.315 e. The van der Waals surface area contributed by atoms with E-state index >= 15 is 0 Å². The fourth-order valence-electron chi connectivity index (χ4n) is 2.87. The molecule has 0 bridgehead atoms. The number of nitrogens with one attached hydrogen (secondary N) is 2. The molecule has 5 heteroatoms. The van der Waals surface area contributed by atoms with Gasteiger partial charge in [0, 0.05) is 18.9 Å². The van der Waals surface area contributed by atoms with Crippen molar-refractivity contribution in [2.75, 3.05) is 13.2 Å². The zero-order valence-electron chi connectivity index (χ0n) is 13.5. The van der Waals surface area contributed by atoms with E-state index in [1.807, 2.05) is 19.1 Å². The van der Waals surface area contributed by atoms with Crippen molar-refractivity contribution in [1.29, 1.82) is 0 Å². The normalized spacial score (nSPS) is 22.8. The highest BCUT2D eigenvalue weighted by Gasteiger charge is 2.21. The first kappa shape index (κ1) is 16.7. The summed E-state index contributed by atoms with van der Waals surface area (Å²) in [6, 6.07) is 3.58. The maximum atomic E-state index is 11.8. The van der Waals surface area contributed by atoms with Crippen LogP contribution in [0, 0.1) is 5.92 Å². The van der Waals surface area contributed by atoms with Gasteiger partial charge in [0.2, 0.25) is 0 Å². The zero-order chi connectivity index (χ0) is 15.8. The Morgan fingerprint density at radius 3 is 3.00 bits per heavy atom. The summed E-state index contributed by atoms with van der Waals surface area (Å²) in [6.07, 6.45) is 8.80. The van der Waals surface area contributed by atoms with Gasteiger partial charge in [-0.1, -0.05) is 25.8 Å². The summed E-state index contributed by atoms with van der Waals surface area (Å²) in [6.45, 7) is 5.30. The van der Waals surface area contributed by atoms with Crippen molar-refractivity contribution in [3.63, 3.8) is 0 Å². The third-order valence-corrected chi connectivity index (χ3v) is 4.28. The second-order valence-electron chi connectivity index (χ2n) is 6.08. The number of urea groups is 1. The molecule has 0 aromatic carbocycles. The molecule has 1 aromatic heterocycles. The summed E-state index contributed by atoms with van der Waals surface area (Å²) in [5.74, 6) is 0.633. The zero-order valence-corrected chi connectivity index (χ0v) is 13.5. The van der Waals surface area contributed by atoms with Crippen LogP contribution in [0.5, 0.6) is 0 Å². The molecule has 0 aliphatic heterocycles. The fraction of sp³-hybridized carbons (Fsp3) is 0.647. The molecule has 3 atom stereocenters. The van der Waals surface area contributed by atoms with E-state index in [0.717, 1.165) is 12.0 Å². The van der Waals surface area contributed by atoms with Crippen LogP contribution in [-0.4, -0.2) is 30.3 Å². The number of amides is 2. The van der Waals surface area contributed by atoms with Gasteiger partial charge in [0.1, 0.15) is 0 Å². The Kier molecular flexibility index (Phi) is 6.65. The van der Waals surface area contributed by atoms with Crippen molar-refractivity contribution in [2.45, 2.75) is 51.7 Å². The number of ether oxygens (including phenoxy) is 1. The third kappa shape index (κ3) is 5.30. The number of rotatable bonds is 6. The van der Waals surface area contributed by atoms with E-state index in [1.165, 1.54) is 19.3 Å². The Morgan fingerprint density at radius 1 is 1.45 bits per heavy atom. The molecule has 1 heterocycles. The van der Waals surface area contributed by atoms with E-state index in [2.05, 4.69) is 22.5 Å². The minimum absolute atomic E-state index is 0.0621. The lowest BCUT2D eigenvalue weighted by Gasteiger charge is -2.28. The number of carbonyl (C=O) groups is 1. The second-order valence-corrected chi connectivity index (χ2v) is 6.08. The van der Waals surface area contributed by atoms with Crippen molar-refractivity contribution >= 4 is 6.03 Å². The van der Waals surface area contributed by atoms with E-state index in [0.29, 0.717) is 25.2 Å². The number of nitrogens with zero attached hydrogens (tertiary/aromatic N) is 1. The molecule has 0 spiro atoms. The van der Waals surface area contributed by atoms with Crippen LogP contribution in [-0.2, 0) is 4.74 Å². The Bertz CT molecular complexity index is 452. The Morgan fingerprint density at radius 2 is 2.27 bits per heavy atom. The maximum Gasteiger partial charge on any atom is 0.315 e. The van der Waals surface area contributed by atoms with Gasteiger partial charge in [-0.3, -0.25) is 4.98 Å². The summed E-state index contributed by atoms with van der Waals surface area (Å²) in [5, 5.41) is 5.74. The van der Waals surface area contributed by atoms with Gasteiger partial charge in [0.15, 0.2) is 0 Å². The molecule has 0 saturated heterocycles. The van der Waals surface area contributed by atoms with Gasteiger partial charge < -0.3 is 15.4 Å². The number of aromatic nitrogens is 1. The molecule has 1 aliphatic carbocycles. The molecule has 5 nitrogen and oxygen atoms in total. The van der Waals surface area contributed by atoms with Crippen LogP contribution in [0.1, 0.15) is 51.1 Å². The fourth-order valence-corrected chi connectivity index (χ4v) is 2.87. The second kappa shape index (κ2) is 8.73. The van der Waals surface area contributed by atoms with Gasteiger partial charge in [-0.25, -0.2) is 4.79 Å². The van der Waals surface area contributed by atoms with Crippen molar-refractivity contribution < 1.29 is 9.53 Å². The third-order valence-electron chi connectivity index (χ3n) is 4.28. The van der Waals surface area contributed by atoms with Crippen LogP contribution >= 0.6 is 0 Å². The Hall–Kier alpha value is -1.62. The average Bonchev–Trinajstić information content (AvgIpc) is 2.54. The van der Waals surface area contributed by atoms with Gasteiger partial charge in [-0.2, -0.15) is 0 Å². The predicted molar refractivity (Wildman–Crippen MR) is 86.6 cm³/mol. The lowest BCUT2D eigenvalue weighted by atomic mass is 9.88. The van der Waals surface area contributed by atoms with Crippen LogP contribution in [0.4, 0.5) is 4.79 Å². The number of pyridine rings is 1. The van der Waals surface area contributed by atoms with Gasteiger partial charge in [0.25, 0.3) is 0 Å². The average molecular weight is 305 g/mol. The molecule has 22 heavy (non-hydrogen) atoms. The molecule has 122 valence electrons. The van der Waals surface area contributed by atoms with Crippen molar-refractivity contribution in [3.05, 3.63) is 30.1 Å². The van der Waals surface area contributed by atoms with Crippen LogP contribution in [0.2, 0.25) is 0 Å². The van der Waals surface area contributed by atoms with Crippen molar-refractivity contribution in [3.8, 4) is 0 Å². The van der Waals surface area contributed by atoms with E-state index < -0.39 is 0 Å². The van der Waals surface area contributed by atoms with Crippen LogP contribution in [0.15, 0.2) is 24.5 Å². The molecule has 1 aliphatic rings. The molecule has 0 unspecified atom stereocenters. The first-order chi connectivity index (χ1) is 10.7. The monoisotopic (exact) mass is 305 g/mol. The molecule has 1 aromatic rings. The summed E-state index contributed by atoms with van der Waals surface area (Å²) < 4.78 is 5.88. The predicted octanol–water partition coefficient (Wildman–Crippen LogP) is 3.04. The Labute approximate surface area is 132 Å². The summed E-state index contributed by atoms with van der Waals surface area (Å²) >= 11 is 0. The van der Waals surface area contributed by atoms with E-state index in [4.69, 9.17) is 4.74 Å². The van der Waals surface area contributed by atoms with Gasteiger partial charge in [-0.05, 0) is 37.3 Å². The topological polar surface area (TPSA) is 63.2 Å². The summed E-state index contributed by atoms with van der Waals surface area (Å²) in [4.78, 5) is 15.9. The minimum atomic E-state index is -0.170. The highest BCUT2D eigenvalue weighted by atomic mass is 16.5. The highest BCUT2D eigenvalue weighted by Crippen LogP contribution is 2.25. The largest absolute Gasteiger partial charge is 0.376 e. The van der Waals surface area contributed by atoms with E-state index in [-0.39, 0.29) is 12.1 Å². The van der Waals surface area contributed by atoms with E-state index in [1.54, 1.807) is 12.4 Å². The number of carbonyl (C=O) groups excluding carboxylic acids is 1. The molecule has 1 fully saturated rings. The first-order valence-corrected chi connectivity index (χ1v) is 8.22. The van der Waals surface area contributed by atoms with Crippen molar-refractivity contribution in [2.24, 2.45) is 5.92 Å². The lowest BCUT2D eigenvalue weighted by Crippen LogP contribution is -2.39. The molecular formula is C17H27N3O2. The SMILES string of the molecule is C[C@H](NC(=O)NCCO[C@@H]1CCCC[C@H]1C)c1cccnc1. The van der Waals surface area contributed by atoms with Gasteiger partial charge in [-0.15, -0.1) is 0 Å². The summed E-state index contributed by atoms with van der Waals surface area (Å²) in [5.41, 5.74) is 0.991. The van der Waals surface area contributed by atoms with Gasteiger partial charge >= 0.3 is 6.03 Å². The van der Waals surface area contributed by atoms with Crippen LogP contribution < -0.4 is 10.6 Å². The molecule has 0 radical (unpaired) electrons. The van der Waals surface area contributed by atoms with E-state index in [9.17, 15) is 4.79 Å². The summed E-state index contributed by atoms with van der Waals surface area (Å²) in [7, 11) is 0. The van der Waals surface area contributed by atoms with Crippen LogP contribution in [0.25, 0.3) is 0 Å². The quantitative estimate of drug-likeness (QED) is 0.794. The number of hydrogen-bond donors (Lipinski definition) is 2. The first-order valence-electron chi connectivity index (χ1n) is 8.22. The lowest BCUT2D eigenvalue weighted by molar-refractivity contribution is -0.00244. The van der Waals surface area contributed by atoms with Crippen molar-refractivity contribution in [1.82, 2.24) is 15.6 Å². The Balaban J connectivity index is 1.61.